The van der Waals surface area contributed by atoms with Gasteiger partial charge in [-0.2, -0.15) is 0 Å². The standard InChI is InChI=1S/C24H30N2O/c1-24(2,3)22-12-9-20(10-13-22)11-14-23(27)26-17-15-25(16-18-26)19-21-7-5-4-6-8-21/h4-14H,15-19H2,1-3H3/b14-11+. The van der Waals surface area contributed by atoms with Gasteiger partial charge >= 0.3 is 0 Å². The van der Waals surface area contributed by atoms with E-state index in [1.54, 1.807) is 6.08 Å². The second kappa shape index (κ2) is 8.53. The van der Waals surface area contributed by atoms with Gasteiger partial charge in [-0.15, -0.1) is 0 Å². The summed E-state index contributed by atoms with van der Waals surface area (Å²) in [6.07, 6.45) is 3.63. The SMILES string of the molecule is CC(C)(C)c1ccc(/C=C/C(=O)N2CCN(Cc3ccccc3)CC2)cc1. The van der Waals surface area contributed by atoms with E-state index in [0.717, 1.165) is 38.3 Å². The third kappa shape index (κ3) is 5.54. The number of carbonyl (C=O) groups is 1. The van der Waals surface area contributed by atoms with E-state index in [-0.39, 0.29) is 11.3 Å². The molecule has 0 unspecified atom stereocenters. The third-order valence-corrected chi connectivity index (χ3v) is 5.13. The van der Waals surface area contributed by atoms with Gasteiger partial charge in [-0.1, -0.05) is 75.4 Å². The van der Waals surface area contributed by atoms with Crippen molar-refractivity contribution in [1.29, 1.82) is 0 Å². The van der Waals surface area contributed by atoms with Gasteiger partial charge in [0, 0.05) is 38.8 Å². The lowest BCUT2D eigenvalue weighted by Gasteiger charge is -2.34. The van der Waals surface area contributed by atoms with Crippen LogP contribution in [-0.2, 0) is 16.8 Å². The fraction of sp³-hybridized carbons (Fsp3) is 0.375. The molecule has 0 bridgehead atoms. The van der Waals surface area contributed by atoms with Crippen LogP contribution in [0.1, 0.15) is 37.5 Å². The zero-order valence-electron chi connectivity index (χ0n) is 16.7. The maximum Gasteiger partial charge on any atom is 0.246 e. The van der Waals surface area contributed by atoms with Gasteiger partial charge in [-0.3, -0.25) is 9.69 Å². The van der Waals surface area contributed by atoms with E-state index >= 15 is 0 Å². The molecule has 1 amide bonds. The Labute approximate surface area is 163 Å². The van der Waals surface area contributed by atoms with Crippen molar-refractivity contribution in [2.45, 2.75) is 32.7 Å². The molecule has 1 aliphatic heterocycles. The molecule has 3 heteroatoms. The first-order valence-electron chi connectivity index (χ1n) is 9.76. The largest absolute Gasteiger partial charge is 0.337 e. The highest BCUT2D eigenvalue weighted by Gasteiger charge is 2.19. The van der Waals surface area contributed by atoms with Crippen LogP contribution in [-0.4, -0.2) is 41.9 Å². The molecule has 1 aliphatic rings. The summed E-state index contributed by atoms with van der Waals surface area (Å²) in [4.78, 5) is 16.8. The maximum atomic E-state index is 12.5. The van der Waals surface area contributed by atoms with Crippen molar-refractivity contribution in [2.75, 3.05) is 26.2 Å². The Morgan fingerprint density at radius 3 is 2.15 bits per heavy atom. The second-order valence-electron chi connectivity index (χ2n) is 8.29. The number of benzene rings is 2. The Hall–Kier alpha value is -2.39. The van der Waals surface area contributed by atoms with Crippen molar-refractivity contribution in [2.24, 2.45) is 0 Å². The van der Waals surface area contributed by atoms with E-state index in [4.69, 9.17) is 0 Å². The highest BCUT2D eigenvalue weighted by molar-refractivity contribution is 5.91. The van der Waals surface area contributed by atoms with E-state index in [2.05, 4.69) is 74.2 Å². The maximum absolute atomic E-state index is 12.5. The Balaban J connectivity index is 1.50. The minimum atomic E-state index is 0.106. The molecule has 0 aliphatic carbocycles. The van der Waals surface area contributed by atoms with Crippen LogP contribution in [0.25, 0.3) is 6.08 Å². The minimum Gasteiger partial charge on any atom is -0.337 e. The Morgan fingerprint density at radius 2 is 1.56 bits per heavy atom. The Morgan fingerprint density at radius 1 is 0.926 bits per heavy atom. The summed E-state index contributed by atoms with van der Waals surface area (Å²) in [6, 6.07) is 19.0. The molecule has 2 aromatic carbocycles. The molecule has 3 rings (SSSR count). The molecular formula is C24H30N2O. The monoisotopic (exact) mass is 362 g/mol. The van der Waals surface area contributed by atoms with Crippen LogP contribution in [0.5, 0.6) is 0 Å². The lowest BCUT2D eigenvalue weighted by atomic mass is 9.87. The number of hydrogen-bond donors (Lipinski definition) is 0. The minimum absolute atomic E-state index is 0.106. The van der Waals surface area contributed by atoms with Gasteiger partial charge in [-0.25, -0.2) is 0 Å². The van der Waals surface area contributed by atoms with E-state index in [0.29, 0.717) is 0 Å². The Bertz CT molecular complexity index is 764. The van der Waals surface area contributed by atoms with Gasteiger partial charge in [0.25, 0.3) is 0 Å². The second-order valence-corrected chi connectivity index (χ2v) is 8.29. The summed E-state index contributed by atoms with van der Waals surface area (Å²) in [6.45, 7) is 11.0. The van der Waals surface area contributed by atoms with Gasteiger partial charge in [0.15, 0.2) is 0 Å². The molecule has 142 valence electrons. The number of nitrogens with zero attached hydrogens (tertiary/aromatic N) is 2. The first-order chi connectivity index (χ1) is 12.9. The molecule has 3 nitrogen and oxygen atoms in total. The van der Waals surface area contributed by atoms with Crippen LogP contribution in [0.2, 0.25) is 0 Å². The van der Waals surface area contributed by atoms with Gasteiger partial charge in [0.2, 0.25) is 5.91 Å². The lowest BCUT2D eigenvalue weighted by molar-refractivity contribution is -0.127. The van der Waals surface area contributed by atoms with Crippen LogP contribution in [0, 0.1) is 0 Å². The topological polar surface area (TPSA) is 23.6 Å². The quantitative estimate of drug-likeness (QED) is 0.755. The normalized spacial score (nSPS) is 16.0. The molecule has 1 saturated heterocycles. The molecule has 0 saturated carbocycles. The Kier molecular flexibility index (Phi) is 6.12. The number of hydrogen-bond acceptors (Lipinski definition) is 2. The average molecular weight is 363 g/mol. The van der Waals surface area contributed by atoms with Crippen molar-refractivity contribution in [3.63, 3.8) is 0 Å². The van der Waals surface area contributed by atoms with Crippen molar-refractivity contribution in [1.82, 2.24) is 9.80 Å². The molecule has 0 spiro atoms. The molecule has 0 radical (unpaired) electrons. The van der Waals surface area contributed by atoms with Crippen LogP contribution < -0.4 is 0 Å². The van der Waals surface area contributed by atoms with E-state index in [1.807, 2.05) is 17.0 Å². The highest BCUT2D eigenvalue weighted by atomic mass is 16.2. The molecule has 0 N–H and O–H groups in total. The molecule has 27 heavy (non-hydrogen) atoms. The molecule has 0 atom stereocenters. The van der Waals surface area contributed by atoms with Gasteiger partial charge in [0.1, 0.15) is 0 Å². The van der Waals surface area contributed by atoms with E-state index < -0.39 is 0 Å². The van der Waals surface area contributed by atoms with Crippen LogP contribution in [0.3, 0.4) is 0 Å². The first kappa shape index (κ1) is 19.4. The summed E-state index contributed by atoms with van der Waals surface area (Å²) in [5.74, 6) is 0.106. The fourth-order valence-corrected chi connectivity index (χ4v) is 3.34. The third-order valence-electron chi connectivity index (χ3n) is 5.13. The summed E-state index contributed by atoms with van der Waals surface area (Å²) in [5.41, 5.74) is 3.85. The summed E-state index contributed by atoms with van der Waals surface area (Å²) in [5, 5.41) is 0. The van der Waals surface area contributed by atoms with Crippen molar-refractivity contribution >= 4 is 12.0 Å². The van der Waals surface area contributed by atoms with Crippen LogP contribution >= 0.6 is 0 Å². The van der Waals surface area contributed by atoms with Crippen LogP contribution in [0.4, 0.5) is 0 Å². The summed E-state index contributed by atoms with van der Waals surface area (Å²) in [7, 11) is 0. The number of rotatable bonds is 4. The van der Waals surface area contributed by atoms with Gasteiger partial charge in [0.05, 0.1) is 0 Å². The molecule has 2 aromatic rings. The van der Waals surface area contributed by atoms with E-state index in [1.165, 1.54) is 11.1 Å². The zero-order chi connectivity index (χ0) is 19.3. The predicted octanol–water partition coefficient (Wildman–Crippen LogP) is 4.34. The lowest BCUT2D eigenvalue weighted by Crippen LogP contribution is -2.47. The van der Waals surface area contributed by atoms with Crippen molar-refractivity contribution in [3.8, 4) is 0 Å². The first-order valence-corrected chi connectivity index (χ1v) is 9.76. The zero-order valence-corrected chi connectivity index (χ0v) is 16.7. The molecular weight excluding hydrogens is 332 g/mol. The van der Waals surface area contributed by atoms with E-state index in [9.17, 15) is 4.79 Å². The number of amides is 1. The summed E-state index contributed by atoms with van der Waals surface area (Å²) < 4.78 is 0. The molecule has 1 heterocycles. The molecule has 1 fully saturated rings. The number of piperazine rings is 1. The van der Waals surface area contributed by atoms with Crippen molar-refractivity contribution in [3.05, 3.63) is 77.4 Å². The fourth-order valence-electron chi connectivity index (χ4n) is 3.34. The van der Waals surface area contributed by atoms with Gasteiger partial charge in [-0.05, 0) is 28.2 Å². The van der Waals surface area contributed by atoms with Gasteiger partial charge < -0.3 is 4.90 Å². The molecule has 0 aromatic heterocycles. The van der Waals surface area contributed by atoms with Crippen LogP contribution in [0.15, 0.2) is 60.7 Å². The smallest absolute Gasteiger partial charge is 0.246 e. The predicted molar refractivity (Wildman–Crippen MR) is 112 cm³/mol. The number of carbonyl (C=O) groups excluding carboxylic acids is 1. The summed E-state index contributed by atoms with van der Waals surface area (Å²) >= 11 is 0. The highest BCUT2D eigenvalue weighted by Crippen LogP contribution is 2.22. The van der Waals surface area contributed by atoms with Crippen molar-refractivity contribution < 1.29 is 4.79 Å². The average Bonchev–Trinajstić information content (AvgIpc) is 2.67.